The van der Waals surface area contributed by atoms with Crippen molar-refractivity contribution in [2.75, 3.05) is 6.61 Å². The molecule has 1 aliphatic heterocycles. The second-order valence-corrected chi connectivity index (χ2v) is 7.99. The fourth-order valence-electron chi connectivity index (χ4n) is 3.24. The third kappa shape index (κ3) is 2.58. The van der Waals surface area contributed by atoms with Crippen molar-refractivity contribution in [1.82, 2.24) is 9.88 Å². The van der Waals surface area contributed by atoms with Crippen LogP contribution in [0.3, 0.4) is 0 Å². The molecule has 1 aliphatic rings. The maximum atomic E-state index is 11.6. The number of fused-ring (bicyclic) bond motifs is 1. The van der Waals surface area contributed by atoms with Gasteiger partial charge in [0, 0.05) is 13.1 Å². The molecular formula is C16H18BrClN2O6. The van der Waals surface area contributed by atoms with Crippen LogP contribution in [0.4, 0.5) is 0 Å². The monoisotopic (exact) mass is 448 g/mol. The minimum absolute atomic E-state index is 0.478. The van der Waals surface area contributed by atoms with Crippen LogP contribution in [0, 0.1) is 0 Å². The van der Waals surface area contributed by atoms with Gasteiger partial charge in [-0.1, -0.05) is 29.8 Å². The van der Waals surface area contributed by atoms with Crippen molar-refractivity contribution in [2.24, 2.45) is 0 Å². The summed E-state index contributed by atoms with van der Waals surface area (Å²) in [5.74, 6) is -0.592. The van der Waals surface area contributed by atoms with Crippen molar-refractivity contribution in [1.29, 1.82) is 0 Å². The Morgan fingerprint density at radius 2 is 2.04 bits per heavy atom. The van der Waals surface area contributed by atoms with E-state index in [1.54, 1.807) is 30.3 Å². The number of ether oxygens (including phenoxy) is 1. The van der Waals surface area contributed by atoms with Gasteiger partial charge in [0.1, 0.15) is 6.04 Å². The van der Waals surface area contributed by atoms with Crippen LogP contribution in [-0.4, -0.2) is 59.4 Å². The molecule has 0 aliphatic carbocycles. The molecule has 26 heavy (non-hydrogen) atoms. The molecule has 1 fully saturated rings. The molecule has 5 atom stereocenters. The van der Waals surface area contributed by atoms with Gasteiger partial charge in [-0.3, -0.25) is 4.79 Å². The highest BCUT2D eigenvalue weighted by atomic mass is 79.9. The van der Waals surface area contributed by atoms with Gasteiger partial charge in [0.05, 0.1) is 12.1 Å². The van der Waals surface area contributed by atoms with Crippen molar-refractivity contribution < 1.29 is 30.0 Å². The molecule has 0 unspecified atom stereocenters. The van der Waals surface area contributed by atoms with Crippen molar-refractivity contribution >= 4 is 44.3 Å². The number of alkyl halides is 2. The van der Waals surface area contributed by atoms with Gasteiger partial charge in [-0.15, -0.1) is 0 Å². The van der Waals surface area contributed by atoms with Crippen molar-refractivity contribution in [3.05, 3.63) is 36.5 Å². The van der Waals surface area contributed by atoms with E-state index in [0.29, 0.717) is 5.52 Å². The molecule has 0 saturated carbocycles. The summed E-state index contributed by atoms with van der Waals surface area (Å²) in [5.41, 5.74) is -2.01. The number of halogens is 2. The van der Waals surface area contributed by atoms with E-state index in [1.807, 2.05) is 0 Å². The maximum Gasteiger partial charge on any atom is 0.231 e. The van der Waals surface area contributed by atoms with Gasteiger partial charge in [0.25, 0.3) is 0 Å². The lowest BCUT2D eigenvalue weighted by Crippen LogP contribution is -2.78. The smallest absolute Gasteiger partial charge is 0.231 e. The first-order chi connectivity index (χ1) is 12.1. The molecule has 0 spiro atoms. The molecule has 8 nitrogen and oxygen atoms in total. The number of nitrogens with zero attached hydrogens (tertiary/aromatic N) is 1. The highest BCUT2D eigenvalue weighted by molar-refractivity contribution is 9.10. The zero-order valence-electron chi connectivity index (χ0n) is 13.6. The normalized spacial score (nSPS) is 37.7. The predicted molar refractivity (Wildman–Crippen MR) is 96.4 cm³/mol. The van der Waals surface area contributed by atoms with Crippen LogP contribution in [0.1, 0.15) is 6.92 Å². The molecule has 1 aromatic heterocycles. The van der Waals surface area contributed by atoms with E-state index in [4.69, 9.17) is 16.3 Å². The van der Waals surface area contributed by atoms with E-state index in [2.05, 4.69) is 21.2 Å². The van der Waals surface area contributed by atoms with Gasteiger partial charge < -0.3 is 35.0 Å². The van der Waals surface area contributed by atoms with E-state index < -0.39 is 40.1 Å². The summed E-state index contributed by atoms with van der Waals surface area (Å²) >= 11 is 9.29. The number of para-hydroxylation sites is 1. The largest absolute Gasteiger partial charge is 0.392 e. The third-order valence-corrected chi connectivity index (χ3v) is 6.36. The highest BCUT2D eigenvalue weighted by Crippen LogP contribution is 2.53. The lowest BCUT2D eigenvalue weighted by molar-refractivity contribution is -0.337. The number of amides is 1. The van der Waals surface area contributed by atoms with Crippen LogP contribution < -0.4 is 5.32 Å². The molecular weight excluding hydrogens is 432 g/mol. The molecule has 2 aromatic rings. The summed E-state index contributed by atoms with van der Waals surface area (Å²) in [6.07, 6.45) is -0.342. The topological polar surface area (TPSA) is 124 Å². The summed E-state index contributed by atoms with van der Waals surface area (Å²) in [5, 5.41) is 43.1. The quantitative estimate of drug-likeness (QED) is 0.425. The van der Waals surface area contributed by atoms with E-state index in [-0.39, 0.29) is 0 Å². The Balaban J connectivity index is 2.29. The fraction of sp³-hybridized carbons (Fsp3) is 0.438. The first-order valence-corrected chi connectivity index (χ1v) is 8.88. The maximum absolute atomic E-state index is 11.6. The molecule has 0 radical (unpaired) electrons. The number of nitrogens with one attached hydrogen (secondary N) is 1. The number of carbonyl (C=O) groups excluding carboxylic acids is 1. The molecule has 0 bridgehead atoms. The van der Waals surface area contributed by atoms with Crippen LogP contribution in [0.5, 0.6) is 0 Å². The highest BCUT2D eigenvalue weighted by Gasteiger charge is 2.72. The Morgan fingerprint density at radius 3 is 2.65 bits per heavy atom. The van der Waals surface area contributed by atoms with E-state index in [9.17, 15) is 25.2 Å². The Morgan fingerprint density at radius 1 is 1.38 bits per heavy atom. The standard InChI is InChI=1S/C16H18BrClN2O6/c1-9(22)19-12-13(23)26-14(17,8-21)16(18,25)15(12,24)20-7-6-10-4-2-3-5-11(10)20/h2-7,12-13,21,23-25H,8H2,1H3,(H,19,22)/t12-,13+,14+,15+,16+/m0/s1. The summed E-state index contributed by atoms with van der Waals surface area (Å²) in [6.45, 7) is 0.300. The second kappa shape index (κ2) is 6.45. The van der Waals surface area contributed by atoms with E-state index in [1.165, 1.54) is 17.7 Å². The minimum Gasteiger partial charge on any atom is -0.392 e. The van der Waals surface area contributed by atoms with Crippen LogP contribution in [0.15, 0.2) is 36.5 Å². The molecule has 3 rings (SSSR count). The van der Waals surface area contributed by atoms with Crippen molar-refractivity contribution in [3.63, 3.8) is 0 Å². The second-order valence-electron chi connectivity index (χ2n) is 6.17. The number of aliphatic hydroxyl groups excluding tert-OH is 2. The van der Waals surface area contributed by atoms with Crippen LogP contribution in [0.25, 0.3) is 10.9 Å². The summed E-state index contributed by atoms with van der Waals surface area (Å²) < 4.78 is 4.32. The van der Waals surface area contributed by atoms with Gasteiger partial charge in [-0.05, 0) is 33.4 Å². The van der Waals surface area contributed by atoms with Gasteiger partial charge >= 0.3 is 0 Å². The number of benzene rings is 1. The predicted octanol–water partition coefficient (Wildman–Crippen LogP) is 0.151. The third-order valence-electron chi connectivity index (χ3n) is 4.54. The average molecular weight is 450 g/mol. The van der Waals surface area contributed by atoms with Crippen LogP contribution in [-0.2, 0) is 15.3 Å². The average Bonchev–Trinajstić information content (AvgIpc) is 3.01. The number of aromatic nitrogens is 1. The summed E-state index contributed by atoms with van der Waals surface area (Å²) in [4.78, 5) is 11.6. The molecule has 1 amide bonds. The Hall–Kier alpha value is -1.20. The minimum atomic E-state index is -2.69. The number of hydrogen-bond donors (Lipinski definition) is 5. The Labute approximate surface area is 162 Å². The zero-order chi connectivity index (χ0) is 19.3. The Kier molecular flexibility index (Phi) is 4.85. The number of hydrogen-bond acceptors (Lipinski definition) is 6. The van der Waals surface area contributed by atoms with Crippen molar-refractivity contribution in [2.45, 2.75) is 34.6 Å². The number of carbonyl (C=O) groups is 1. The Bertz CT molecular complexity index is 845. The lowest BCUT2D eigenvalue weighted by atomic mass is 9.88. The first kappa shape index (κ1) is 19.6. The molecule has 2 heterocycles. The summed E-state index contributed by atoms with van der Waals surface area (Å²) in [7, 11) is 0. The number of aliphatic hydroxyl groups is 4. The lowest BCUT2D eigenvalue weighted by Gasteiger charge is -2.56. The molecule has 5 N–H and O–H groups in total. The van der Waals surface area contributed by atoms with Gasteiger partial charge in [-0.2, -0.15) is 0 Å². The van der Waals surface area contributed by atoms with E-state index >= 15 is 0 Å². The summed E-state index contributed by atoms with van der Waals surface area (Å²) in [6, 6.07) is 7.07. The van der Waals surface area contributed by atoms with Crippen LogP contribution in [0.2, 0.25) is 0 Å². The molecule has 1 aromatic carbocycles. The molecule has 1 saturated heterocycles. The van der Waals surface area contributed by atoms with Crippen LogP contribution >= 0.6 is 27.5 Å². The SMILES string of the molecule is CC(=O)N[C@H]1[C@H](O)O[C@](Br)(CO)[C@](O)(Cl)[C@@]1(O)n1ccc2ccccc21. The first-order valence-electron chi connectivity index (χ1n) is 7.71. The van der Waals surface area contributed by atoms with Gasteiger partial charge in [0.15, 0.2) is 10.8 Å². The van der Waals surface area contributed by atoms with Gasteiger partial charge in [0.2, 0.25) is 16.7 Å². The molecule has 142 valence electrons. The number of rotatable bonds is 3. The molecule has 10 heteroatoms. The van der Waals surface area contributed by atoms with E-state index in [0.717, 1.165) is 5.39 Å². The fourth-order valence-corrected chi connectivity index (χ4v) is 4.04. The van der Waals surface area contributed by atoms with Crippen molar-refractivity contribution in [3.8, 4) is 0 Å². The van der Waals surface area contributed by atoms with Gasteiger partial charge in [-0.25, -0.2) is 0 Å². The zero-order valence-corrected chi connectivity index (χ0v) is 16.0.